The van der Waals surface area contributed by atoms with Crippen molar-refractivity contribution in [2.45, 2.75) is 13.3 Å². The zero-order valence-corrected chi connectivity index (χ0v) is 12.2. The van der Waals surface area contributed by atoms with Crippen molar-refractivity contribution >= 4 is 40.2 Å². The molecule has 0 amide bonds. The Labute approximate surface area is 123 Å². The van der Waals surface area contributed by atoms with E-state index < -0.39 is 0 Å². The minimum absolute atomic E-state index is 0.290. The lowest BCUT2D eigenvalue weighted by atomic mass is 10.1. The summed E-state index contributed by atoms with van der Waals surface area (Å²) in [7, 11) is 0. The van der Waals surface area contributed by atoms with Gasteiger partial charge in [-0.1, -0.05) is 48.9 Å². The fourth-order valence-electron chi connectivity index (χ4n) is 1.86. The van der Waals surface area contributed by atoms with Crippen molar-refractivity contribution in [3.63, 3.8) is 0 Å². The van der Waals surface area contributed by atoms with Gasteiger partial charge in [-0.15, -0.1) is 0 Å². The summed E-state index contributed by atoms with van der Waals surface area (Å²) in [4.78, 5) is 0.290. The Balaban J connectivity index is 2.32. The second kappa shape index (κ2) is 6.04. The van der Waals surface area contributed by atoms with Gasteiger partial charge in [0.1, 0.15) is 4.99 Å². The first-order valence-corrected chi connectivity index (χ1v) is 6.84. The average molecular weight is 291 g/mol. The Bertz CT molecular complexity index is 594. The molecule has 4 heteroatoms. The molecule has 0 atom stereocenters. The number of aryl methyl sites for hydroxylation is 1. The number of nitrogens with one attached hydrogen (secondary N) is 1. The molecular weight excluding hydrogens is 276 g/mol. The molecule has 0 fully saturated rings. The van der Waals surface area contributed by atoms with Crippen molar-refractivity contribution < 1.29 is 0 Å². The van der Waals surface area contributed by atoms with Crippen molar-refractivity contribution in [1.29, 1.82) is 0 Å². The highest BCUT2D eigenvalue weighted by molar-refractivity contribution is 7.80. The quantitative estimate of drug-likeness (QED) is 0.826. The monoisotopic (exact) mass is 290 g/mol. The lowest BCUT2D eigenvalue weighted by molar-refractivity contribution is 1.14. The molecule has 2 aromatic carbocycles. The minimum atomic E-state index is 0.290. The smallest absolute Gasteiger partial charge is 0.107 e. The Morgan fingerprint density at radius 1 is 1.21 bits per heavy atom. The fourth-order valence-corrected chi connectivity index (χ4v) is 2.41. The van der Waals surface area contributed by atoms with Crippen LogP contribution >= 0.6 is 23.8 Å². The van der Waals surface area contributed by atoms with Gasteiger partial charge in [-0.3, -0.25) is 0 Å². The Hall–Kier alpha value is -1.58. The van der Waals surface area contributed by atoms with E-state index in [0.717, 1.165) is 17.8 Å². The van der Waals surface area contributed by atoms with Crippen LogP contribution in [0.5, 0.6) is 0 Å². The normalized spacial score (nSPS) is 10.2. The first-order valence-electron chi connectivity index (χ1n) is 6.06. The van der Waals surface area contributed by atoms with Gasteiger partial charge in [-0.05, 0) is 36.2 Å². The van der Waals surface area contributed by atoms with E-state index in [9.17, 15) is 0 Å². The van der Waals surface area contributed by atoms with E-state index in [0.29, 0.717) is 15.6 Å². The maximum Gasteiger partial charge on any atom is 0.107 e. The van der Waals surface area contributed by atoms with Crippen molar-refractivity contribution in [1.82, 2.24) is 0 Å². The van der Waals surface area contributed by atoms with E-state index >= 15 is 0 Å². The van der Waals surface area contributed by atoms with Gasteiger partial charge in [0.2, 0.25) is 0 Å². The van der Waals surface area contributed by atoms with Crippen LogP contribution in [0.2, 0.25) is 5.02 Å². The maximum absolute atomic E-state index is 6.13. The third-order valence-electron chi connectivity index (χ3n) is 2.90. The number of rotatable bonds is 4. The number of benzene rings is 2. The second-order valence-electron chi connectivity index (χ2n) is 4.20. The third-order valence-corrected chi connectivity index (χ3v) is 3.42. The standard InChI is InChI=1S/C15H15ClN2S/c1-2-10-6-8-11(9-7-10)18-13-5-3-4-12(16)14(13)15(17)19/h3-9,18H,2H2,1H3,(H2,17,19). The number of hydrogen-bond acceptors (Lipinski definition) is 2. The van der Waals surface area contributed by atoms with Crippen LogP contribution < -0.4 is 11.1 Å². The summed E-state index contributed by atoms with van der Waals surface area (Å²) in [6, 6.07) is 13.8. The number of thiocarbonyl (C=S) groups is 1. The van der Waals surface area contributed by atoms with E-state index in [4.69, 9.17) is 29.6 Å². The third kappa shape index (κ3) is 3.25. The lowest BCUT2D eigenvalue weighted by Gasteiger charge is -2.13. The predicted octanol–water partition coefficient (Wildman–Crippen LogP) is 4.28. The van der Waals surface area contributed by atoms with Crippen LogP contribution in [0.4, 0.5) is 11.4 Å². The van der Waals surface area contributed by atoms with Crippen LogP contribution in [0.25, 0.3) is 0 Å². The summed E-state index contributed by atoms with van der Waals surface area (Å²) in [6.45, 7) is 2.13. The van der Waals surface area contributed by atoms with Crippen molar-refractivity contribution in [2.24, 2.45) is 5.73 Å². The largest absolute Gasteiger partial charge is 0.389 e. The zero-order valence-electron chi connectivity index (χ0n) is 10.6. The Morgan fingerprint density at radius 3 is 2.47 bits per heavy atom. The molecule has 0 saturated carbocycles. The second-order valence-corrected chi connectivity index (χ2v) is 5.05. The first-order chi connectivity index (χ1) is 9.11. The van der Waals surface area contributed by atoms with E-state index in [1.165, 1.54) is 5.56 Å². The number of hydrogen-bond donors (Lipinski definition) is 2. The SMILES string of the molecule is CCc1ccc(Nc2cccc(Cl)c2C(N)=S)cc1. The lowest BCUT2D eigenvalue weighted by Crippen LogP contribution is -2.12. The van der Waals surface area contributed by atoms with Crippen LogP contribution in [0.3, 0.4) is 0 Å². The summed E-state index contributed by atoms with van der Waals surface area (Å²) in [5, 5.41) is 3.85. The highest BCUT2D eigenvalue weighted by atomic mass is 35.5. The highest BCUT2D eigenvalue weighted by Gasteiger charge is 2.09. The molecular formula is C15H15ClN2S. The van der Waals surface area contributed by atoms with Gasteiger partial charge in [0.25, 0.3) is 0 Å². The van der Waals surface area contributed by atoms with Gasteiger partial charge in [-0.25, -0.2) is 0 Å². The summed E-state index contributed by atoms with van der Waals surface area (Å²) in [6.07, 6.45) is 1.02. The van der Waals surface area contributed by atoms with E-state index in [2.05, 4.69) is 24.4 Å². The fraction of sp³-hybridized carbons (Fsp3) is 0.133. The molecule has 0 radical (unpaired) electrons. The molecule has 0 aromatic heterocycles. The molecule has 2 nitrogen and oxygen atoms in total. The van der Waals surface area contributed by atoms with Gasteiger partial charge in [-0.2, -0.15) is 0 Å². The molecule has 0 unspecified atom stereocenters. The number of halogens is 1. The van der Waals surface area contributed by atoms with Crippen LogP contribution in [0, 0.1) is 0 Å². The van der Waals surface area contributed by atoms with E-state index in [-0.39, 0.29) is 0 Å². The molecule has 98 valence electrons. The Kier molecular flexibility index (Phi) is 4.40. The van der Waals surface area contributed by atoms with Gasteiger partial charge >= 0.3 is 0 Å². The van der Waals surface area contributed by atoms with Crippen molar-refractivity contribution in [3.8, 4) is 0 Å². The molecule has 3 N–H and O–H groups in total. The first kappa shape index (κ1) is 13.8. The van der Waals surface area contributed by atoms with Crippen LogP contribution in [-0.2, 0) is 6.42 Å². The number of nitrogens with two attached hydrogens (primary N) is 1. The topological polar surface area (TPSA) is 38.0 Å². The molecule has 0 saturated heterocycles. The zero-order chi connectivity index (χ0) is 13.8. The van der Waals surface area contributed by atoms with E-state index in [1.807, 2.05) is 24.3 Å². The molecule has 2 rings (SSSR count). The maximum atomic E-state index is 6.13. The molecule has 0 heterocycles. The molecule has 0 bridgehead atoms. The minimum Gasteiger partial charge on any atom is -0.389 e. The molecule has 0 spiro atoms. The average Bonchev–Trinajstić information content (AvgIpc) is 2.39. The summed E-state index contributed by atoms with van der Waals surface area (Å²) in [5.41, 5.74) is 9.51. The molecule has 0 aliphatic carbocycles. The highest BCUT2D eigenvalue weighted by Crippen LogP contribution is 2.27. The van der Waals surface area contributed by atoms with Gasteiger partial charge in [0.15, 0.2) is 0 Å². The molecule has 0 aliphatic heterocycles. The number of anilines is 2. The Morgan fingerprint density at radius 2 is 1.89 bits per heavy atom. The van der Waals surface area contributed by atoms with Gasteiger partial charge < -0.3 is 11.1 Å². The van der Waals surface area contributed by atoms with E-state index in [1.54, 1.807) is 6.07 Å². The van der Waals surface area contributed by atoms with Gasteiger partial charge in [0, 0.05) is 5.69 Å². The summed E-state index contributed by atoms with van der Waals surface area (Å²) in [5.74, 6) is 0. The molecule has 2 aromatic rings. The van der Waals surface area contributed by atoms with Gasteiger partial charge in [0.05, 0.1) is 16.3 Å². The van der Waals surface area contributed by atoms with Crippen molar-refractivity contribution in [3.05, 3.63) is 58.6 Å². The molecule has 0 aliphatic rings. The summed E-state index contributed by atoms with van der Waals surface area (Å²) < 4.78 is 0. The van der Waals surface area contributed by atoms with Crippen LogP contribution in [0.15, 0.2) is 42.5 Å². The predicted molar refractivity (Wildman–Crippen MR) is 86.4 cm³/mol. The van der Waals surface area contributed by atoms with Crippen LogP contribution in [-0.4, -0.2) is 4.99 Å². The van der Waals surface area contributed by atoms with Crippen LogP contribution in [0.1, 0.15) is 18.1 Å². The summed E-state index contributed by atoms with van der Waals surface area (Å²) >= 11 is 11.2. The van der Waals surface area contributed by atoms with Crippen molar-refractivity contribution in [2.75, 3.05) is 5.32 Å². The molecule has 19 heavy (non-hydrogen) atoms.